The summed E-state index contributed by atoms with van der Waals surface area (Å²) in [5.41, 5.74) is 0.782. The molecule has 9 heteroatoms. The molecule has 0 bridgehead atoms. The van der Waals surface area contributed by atoms with E-state index in [1.807, 2.05) is 12.1 Å². The Bertz CT molecular complexity index is 1240. The van der Waals surface area contributed by atoms with Gasteiger partial charge in [0.15, 0.2) is 0 Å². The van der Waals surface area contributed by atoms with Gasteiger partial charge in [0, 0.05) is 27.8 Å². The average Bonchev–Trinajstić information content (AvgIpc) is 2.78. The molecule has 0 radical (unpaired) electrons. The minimum Gasteiger partial charge on any atom is -0.392 e. The van der Waals surface area contributed by atoms with Crippen LogP contribution in [0.2, 0.25) is 10.0 Å². The molecule has 0 fully saturated rings. The lowest BCUT2D eigenvalue weighted by molar-refractivity contribution is -0.124. The number of nitrogens with zero attached hydrogens (tertiary/aromatic N) is 2. The van der Waals surface area contributed by atoms with Gasteiger partial charge in [0.25, 0.3) is 0 Å². The zero-order chi connectivity index (χ0) is 26.6. The van der Waals surface area contributed by atoms with E-state index in [1.165, 1.54) is 12.1 Å². The molecule has 35 heavy (non-hydrogen) atoms. The minimum atomic E-state index is -0.870. The van der Waals surface area contributed by atoms with Crippen molar-refractivity contribution >= 4 is 46.4 Å². The van der Waals surface area contributed by atoms with Gasteiger partial charge >= 0.3 is 0 Å². The van der Waals surface area contributed by atoms with Gasteiger partial charge in [-0.25, -0.2) is 0 Å². The smallest absolute Gasteiger partial charge is 0.230 e. The predicted molar refractivity (Wildman–Crippen MR) is 137 cm³/mol. The van der Waals surface area contributed by atoms with E-state index in [9.17, 15) is 25.2 Å². The van der Waals surface area contributed by atoms with E-state index in [0.29, 0.717) is 35.3 Å². The molecule has 0 unspecified atom stereocenters. The number of aryl methyl sites for hydroxylation is 1. The fourth-order valence-corrected chi connectivity index (χ4v) is 3.59. The number of hydrogen-bond acceptors (Lipinski definition) is 5. The Morgan fingerprint density at radius 2 is 1.31 bits per heavy atom. The first-order chi connectivity index (χ1) is 16.2. The van der Waals surface area contributed by atoms with Crippen molar-refractivity contribution in [1.82, 2.24) is 0 Å². The van der Waals surface area contributed by atoms with Crippen LogP contribution in [0.25, 0.3) is 0 Å². The highest BCUT2D eigenvalue weighted by atomic mass is 35.5. The van der Waals surface area contributed by atoms with Gasteiger partial charge in [0.1, 0.15) is 12.1 Å². The van der Waals surface area contributed by atoms with E-state index < -0.39 is 10.8 Å². The first-order valence-corrected chi connectivity index (χ1v) is 11.7. The van der Waals surface area contributed by atoms with Crippen molar-refractivity contribution in [3.05, 3.63) is 56.6 Å². The van der Waals surface area contributed by atoms with Gasteiger partial charge in [0.05, 0.1) is 27.8 Å². The van der Waals surface area contributed by atoms with Crippen LogP contribution in [0.5, 0.6) is 0 Å². The molecule has 2 aromatic rings. The normalized spacial score (nSPS) is 11.4. The molecular weight excluding hydrogens is 487 g/mol. The van der Waals surface area contributed by atoms with Crippen molar-refractivity contribution in [3.63, 3.8) is 0 Å². The molecule has 2 amide bonds. The number of carbonyl (C=O) groups excluding carboxylic acids is 2. The molecule has 0 saturated carbocycles. The number of anilines is 2. The number of hydrogen-bond donors (Lipinski definition) is 3. The summed E-state index contributed by atoms with van der Waals surface area (Å²) >= 11 is 12.3. The molecule has 184 valence electrons. The summed E-state index contributed by atoms with van der Waals surface area (Å²) in [6.07, 6.45) is 0.773. The van der Waals surface area contributed by atoms with Crippen molar-refractivity contribution in [2.24, 2.45) is 10.8 Å². The van der Waals surface area contributed by atoms with E-state index >= 15 is 0 Å². The summed E-state index contributed by atoms with van der Waals surface area (Å²) in [5.74, 6) is -0.534. The maximum atomic E-state index is 13.1. The minimum absolute atomic E-state index is 0.184. The van der Waals surface area contributed by atoms with Gasteiger partial charge in [-0.15, -0.1) is 0 Å². The van der Waals surface area contributed by atoms with Crippen molar-refractivity contribution in [2.75, 3.05) is 10.6 Å². The first-order valence-electron chi connectivity index (χ1n) is 10.9. The van der Waals surface area contributed by atoms with Crippen molar-refractivity contribution in [1.29, 1.82) is 10.5 Å². The van der Waals surface area contributed by atoms with E-state index in [-0.39, 0.29) is 39.6 Å². The van der Waals surface area contributed by atoms with Crippen molar-refractivity contribution < 1.29 is 14.7 Å². The Morgan fingerprint density at radius 1 is 0.857 bits per heavy atom. The quantitative estimate of drug-likeness (QED) is 0.429. The molecule has 0 atom stereocenters. The molecular formula is C26H28Cl2N4O3. The lowest BCUT2D eigenvalue weighted by Crippen LogP contribution is -2.32. The molecule has 0 saturated heterocycles. The summed E-state index contributed by atoms with van der Waals surface area (Å²) in [7, 11) is 0. The topological polar surface area (TPSA) is 126 Å². The van der Waals surface area contributed by atoms with Gasteiger partial charge in [-0.2, -0.15) is 10.5 Å². The van der Waals surface area contributed by atoms with Crippen LogP contribution in [-0.4, -0.2) is 16.9 Å². The second kappa shape index (κ2) is 11.1. The fourth-order valence-electron chi connectivity index (χ4n) is 3.13. The van der Waals surface area contributed by atoms with Crippen LogP contribution in [-0.2, 0) is 22.6 Å². The Balaban J connectivity index is 2.29. The molecule has 7 nitrogen and oxygen atoms in total. The highest BCUT2D eigenvalue weighted by Gasteiger charge is 2.29. The average molecular weight is 515 g/mol. The molecule has 0 spiro atoms. The zero-order valence-electron chi connectivity index (χ0n) is 20.3. The molecule has 2 aromatic carbocycles. The lowest BCUT2D eigenvalue weighted by Gasteiger charge is -2.25. The van der Waals surface area contributed by atoms with Gasteiger partial charge in [0.2, 0.25) is 11.8 Å². The van der Waals surface area contributed by atoms with E-state index in [0.717, 1.165) is 0 Å². The van der Waals surface area contributed by atoms with Crippen LogP contribution < -0.4 is 10.6 Å². The zero-order valence-corrected chi connectivity index (χ0v) is 21.9. The maximum absolute atomic E-state index is 13.1. The van der Waals surface area contributed by atoms with Crippen molar-refractivity contribution in [3.8, 4) is 12.1 Å². The molecule has 3 N–H and O–H groups in total. The van der Waals surface area contributed by atoms with Gasteiger partial charge in [-0.1, -0.05) is 57.8 Å². The Hall–Kier alpha value is -3.10. The second-order valence-electron chi connectivity index (χ2n) is 9.90. The molecule has 0 aliphatic heterocycles. The molecule has 2 rings (SSSR count). The summed E-state index contributed by atoms with van der Waals surface area (Å²) in [4.78, 5) is 25.7. The number of nitrogens with one attached hydrogen (secondary N) is 2. The molecule has 0 aliphatic carbocycles. The molecule has 0 aliphatic rings. The predicted octanol–water partition coefficient (Wildman–Crippen LogP) is 5.81. The largest absolute Gasteiger partial charge is 0.392 e. The Labute approximate surface area is 215 Å². The summed E-state index contributed by atoms with van der Waals surface area (Å²) in [6, 6.07) is 10.0. The standard InChI is InChI=1S/C26H28Cl2N4O3/c1-25(2,3)23(34)31-21-10-16(12-29)19(27)8-15(21)6-7-26(4,5)24(35)32-22-11-17(13-30)20(28)9-18(22)14-33/h8-11,33H,6-7,14H2,1-5H3,(H,31,34)(H,32,35). The number of aliphatic hydroxyl groups excluding tert-OH is 1. The van der Waals surface area contributed by atoms with Gasteiger partial charge in [-0.05, 0) is 42.7 Å². The van der Waals surface area contributed by atoms with Gasteiger partial charge < -0.3 is 15.7 Å². The third-order valence-corrected chi connectivity index (χ3v) is 6.23. The monoisotopic (exact) mass is 514 g/mol. The molecule has 0 aromatic heterocycles. The van der Waals surface area contributed by atoms with Crippen molar-refractivity contribution in [2.45, 2.75) is 54.1 Å². The van der Waals surface area contributed by atoms with Crippen LogP contribution >= 0.6 is 23.2 Å². The van der Waals surface area contributed by atoms with E-state index in [1.54, 1.807) is 46.8 Å². The summed E-state index contributed by atoms with van der Waals surface area (Å²) in [6.45, 7) is 8.52. The first kappa shape index (κ1) is 28.1. The number of halogens is 2. The molecule has 0 heterocycles. The number of benzene rings is 2. The maximum Gasteiger partial charge on any atom is 0.230 e. The fraction of sp³-hybridized carbons (Fsp3) is 0.385. The number of aliphatic hydroxyl groups is 1. The highest BCUT2D eigenvalue weighted by Crippen LogP contribution is 2.33. The van der Waals surface area contributed by atoms with Crippen LogP contribution in [0, 0.1) is 33.5 Å². The second-order valence-corrected chi connectivity index (χ2v) is 10.7. The third-order valence-electron chi connectivity index (χ3n) is 5.61. The Morgan fingerprint density at radius 3 is 1.77 bits per heavy atom. The van der Waals surface area contributed by atoms with E-state index in [4.69, 9.17) is 23.2 Å². The number of carbonyl (C=O) groups is 2. The Kier molecular flexibility index (Phi) is 8.92. The third kappa shape index (κ3) is 6.96. The van der Waals surface area contributed by atoms with Crippen LogP contribution in [0.3, 0.4) is 0 Å². The van der Waals surface area contributed by atoms with Crippen LogP contribution in [0.15, 0.2) is 24.3 Å². The number of nitriles is 2. The van der Waals surface area contributed by atoms with Crippen LogP contribution in [0.4, 0.5) is 11.4 Å². The summed E-state index contributed by atoms with van der Waals surface area (Å²) < 4.78 is 0. The van der Waals surface area contributed by atoms with Gasteiger partial charge in [-0.3, -0.25) is 9.59 Å². The van der Waals surface area contributed by atoms with E-state index in [2.05, 4.69) is 10.6 Å². The van der Waals surface area contributed by atoms with Crippen LogP contribution in [0.1, 0.15) is 63.3 Å². The summed E-state index contributed by atoms with van der Waals surface area (Å²) in [5, 5.41) is 34.3. The lowest BCUT2D eigenvalue weighted by atomic mass is 9.84. The SMILES string of the molecule is CC(C)(C)C(=O)Nc1cc(C#N)c(Cl)cc1CCC(C)(C)C(=O)Nc1cc(C#N)c(Cl)cc1CO. The number of rotatable bonds is 7. The number of amides is 2. The highest BCUT2D eigenvalue weighted by molar-refractivity contribution is 6.32.